The zero-order valence-electron chi connectivity index (χ0n) is 12.1. The summed E-state index contributed by atoms with van der Waals surface area (Å²) in [5.74, 6) is -2.83. The van der Waals surface area contributed by atoms with E-state index >= 15 is 0 Å². The Kier molecular flexibility index (Phi) is 3.62. The number of carbonyl (C=O) groups is 2. The minimum absolute atomic E-state index is 0.190. The monoisotopic (exact) mass is 308 g/mol. The number of hydrogen-bond acceptors (Lipinski definition) is 2. The number of rotatable bonds is 2. The number of carbonyl (C=O) groups excluding carboxylic acids is 2. The summed E-state index contributed by atoms with van der Waals surface area (Å²) < 4.78 is 26.6. The average molecular weight is 308 g/mol. The molecule has 1 spiro atoms. The van der Waals surface area contributed by atoms with Crippen molar-refractivity contribution in [3.8, 4) is 0 Å². The van der Waals surface area contributed by atoms with Gasteiger partial charge in [-0.1, -0.05) is 19.3 Å². The third kappa shape index (κ3) is 2.26. The molecule has 3 rings (SSSR count). The van der Waals surface area contributed by atoms with E-state index in [9.17, 15) is 18.4 Å². The molecule has 1 saturated carbocycles. The lowest BCUT2D eigenvalue weighted by Gasteiger charge is -2.31. The van der Waals surface area contributed by atoms with Crippen LogP contribution in [0.1, 0.15) is 38.5 Å². The summed E-state index contributed by atoms with van der Waals surface area (Å²) in [6.45, 7) is 0. The van der Waals surface area contributed by atoms with E-state index in [1.165, 1.54) is 11.0 Å². The van der Waals surface area contributed by atoms with Gasteiger partial charge in [0.1, 0.15) is 6.04 Å². The maximum Gasteiger partial charge on any atom is 0.240 e. The molecular weight excluding hydrogens is 290 g/mol. The molecule has 1 aliphatic carbocycles. The minimum Gasteiger partial charge on any atom is -0.368 e. The summed E-state index contributed by atoms with van der Waals surface area (Å²) >= 11 is 0. The highest BCUT2D eigenvalue weighted by Gasteiger charge is 2.53. The minimum atomic E-state index is -1.04. The van der Waals surface area contributed by atoms with Crippen LogP contribution in [-0.4, -0.2) is 17.9 Å². The fourth-order valence-corrected chi connectivity index (χ4v) is 3.75. The Bertz CT molecular complexity index is 627. The van der Waals surface area contributed by atoms with E-state index < -0.39 is 29.0 Å². The van der Waals surface area contributed by atoms with Gasteiger partial charge in [-0.05, 0) is 31.4 Å². The summed E-state index contributed by atoms with van der Waals surface area (Å²) in [5, 5.41) is 0. The van der Waals surface area contributed by atoms with Gasteiger partial charge < -0.3 is 5.73 Å². The Hall–Kier alpha value is -1.98. The maximum atomic E-state index is 13.5. The lowest BCUT2D eigenvalue weighted by Crippen LogP contribution is -2.43. The van der Waals surface area contributed by atoms with Gasteiger partial charge in [-0.2, -0.15) is 0 Å². The van der Waals surface area contributed by atoms with E-state index in [1.54, 1.807) is 0 Å². The molecule has 0 radical (unpaired) electrons. The first-order chi connectivity index (χ1) is 10.4. The molecule has 4 nitrogen and oxygen atoms in total. The second kappa shape index (κ2) is 5.34. The molecule has 1 aromatic carbocycles. The first-order valence-electron chi connectivity index (χ1n) is 7.53. The molecule has 2 N–H and O–H groups in total. The van der Waals surface area contributed by atoms with E-state index in [0.29, 0.717) is 6.42 Å². The van der Waals surface area contributed by atoms with E-state index in [2.05, 4.69) is 0 Å². The number of anilines is 1. The molecule has 22 heavy (non-hydrogen) atoms. The van der Waals surface area contributed by atoms with E-state index in [0.717, 1.165) is 44.2 Å². The molecule has 1 saturated heterocycles. The fraction of sp³-hybridized carbons (Fsp3) is 0.500. The van der Waals surface area contributed by atoms with Crippen LogP contribution in [0.4, 0.5) is 14.5 Å². The van der Waals surface area contributed by atoms with Crippen molar-refractivity contribution in [2.24, 2.45) is 11.1 Å². The highest BCUT2D eigenvalue weighted by atomic mass is 19.2. The molecule has 1 heterocycles. The molecule has 2 fully saturated rings. The Labute approximate surface area is 127 Å². The molecule has 2 amide bonds. The Morgan fingerprint density at radius 2 is 1.86 bits per heavy atom. The fourth-order valence-electron chi connectivity index (χ4n) is 3.75. The lowest BCUT2D eigenvalue weighted by molar-refractivity contribution is -0.127. The predicted molar refractivity (Wildman–Crippen MR) is 77.0 cm³/mol. The van der Waals surface area contributed by atoms with Crippen molar-refractivity contribution >= 4 is 17.5 Å². The van der Waals surface area contributed by atoms with Crippen molar-refractivity contribution in [1.29, 1.82) is 0 Å². The smallest absolute Gasteiger partial charge is 0.240 e. The van der Waals surface area contributed by atoms with Crippen molar-refractivity contribution in [3.63, 3.8) is 0 Å². The van der Waals surface area contributed by atoms with E-state index in [4.69, 9.17) is 5.73 Å². The summed E-state index contributed by atoms with van der Waals surface area (Å²) in [6, 6.07) is 2.43. The van der Waals surface area contributed by atoms with E-state index in [1.807, 2.05) is 0 Å². The number of amides is 2. The molecule has 6 heteroatoms. The third-order valence-electron chi connectivity index (χ3n) is 4.89. The van der Waals surface area contributed by atoms with E-state index in [-0.39, 0.29) is 11.6 Å². The van der Waals surface area contributed by atoms with Crippen LogP contribution >= 0.6 is 0 Å². The van der Waals surface area contributed by atoms with Gasteiger partial charge in [0.2, 0.25) is 11.8 Å². The number of primary amides is 1. The normalized spacial score (nSPS) is 24.0. The topological polar surface area (TPSA) is 63.4 Å². The summed E-state index contributed by atoms with van der Waals surface area (Å²) in [4.78, 5) is 25.9. The SMILES string of the molecule is NC(=O)C1CC2(CCCCC2)C(=O)N1c1ccc(F)c(F)c1. The van der Waals surface area contributed by atoms with Gasteiger partial charge in [0.25, 0.3) is 0 Å². The lowest BCUT2D eigenvalue weighted by atomic mass is 9.72. The largest absolute Gasteiger partial charge is 0.368 e. The number of nitrogens with two attached hydrogens (primary N) is 1. The van der Waals surface area contributed by atoms with Crippen LogP contribution in [-0.2, 0) is 9.59 Å². The predicted octanol–water partition coefficient (Wildman–Crippen LogP) is 2.51. The summed E-state index contributed by atoms with van der Waals surface area (Å²) in [6.07, 6.45) is 4.73. The molecule has 0 aromatic heterocycles. The van der Waals surface area contributed by atoms with Crippen LogP contribution in [0, 0.1) is 17.0 Å². The maximum absolute atomic E-state index is 13.5. The number of hydrogen-bond donors (Lipinski definition) is 1. The van der Waals surface area contributed by atoms with Crippen molar-refractivity contribution in [3.05, 3.63) is 29.8 Å². The van der Waals surface area contributed by atoms with Crippen LogP contribution < -0.4 is 10.6 Å². The first kappa shape index (κ1) is 14.9. The van der Waals surface area contributed by atoms with Crippen LogP contribution in [0.5, 0.6) is 0 Å². The van der Waals surface area contributed by atoms with Gasteiger partial charge >= 0.3 is 0 Å². The van der Waals surface area contributed by atoms with Crippen molar-refractivity contribution in [1.82, 2.24) is 0 Å². The Morgan fingerprint density at radius 3 is 2.45 bits per heavy atom. The highest BCUT2D eigenvalue weighted by Crippen LogP contribution is 2.48. The third-order valence-corrected chi connectivity index (χ3v) is 4.89. The second-order valence-corrected chi connectivity index (χ2v) is 6.24. The zero-order chi connectivity index (χ0) is 15.9. The molecule has 1 unspecified atom stereocenters. The Balaban J connectivity index is 2.01. The molecule has 118 valence electrons. The molecule has 1 atom stereocenters. The van der Waals surface area contributed by atoms with Crippen LogP contribution in [0.2, 0.25) is 0 Å². The zero-order valence-corrected chi connectivity index (χ0v) is 12.1. The summed E-state index contributed by atoms with van der Waals surface area (Å²) in [5.41, 5.74) is 5.05. The van der Waals surface area contributed by atoms with Crippen LogP contribution in [0.3, 0.4) is 0 Å². The number of benzene rings is 1. The number of nitrogens with zero attached hydrogens (tertiary/aromatic N) is 1. The van der Waals surface area contributed by atoms with Crippen LogP contribution in [0.15, 0.2) is 18.2 Å². The van der Waals surface area contributed by atoms with Gasteiger partial charge in [0.05, 0.1) is 5.41 Å². The first-order valence-corrected chi connectivity index (χ1v) is 7.53. The molecular formula is C16H18F2N2O2. The standard InChI is InChI=1S/C16H18F2N2O2/c17-11-5-4-10(8-12(11)18)20-13(14(19)21)9-16(15(20)22)6-2-1-3-7-16/h4-5,8,13H,1-3,6-7,9H2,(H2,19,21). The molecule has 1 aromatic rings. The van der Waals surface area contributed by atoms with Gasteiger partial charge in [0.15, 0.2) is 11.6 Å². The molecule has 1 aliphatic heterocycles. The van der Waals surface area contributed by atoms with Gasteiger partial charge in [-0.3, -0.25) is 14.5 Å². The van der Waals surface area contributed by atoms with Crippen molar-refractivity contribution in [2.75, 3.05) is 4.90 Å². The number of halogens is 2. The summed E-state index contributed by atoms with van der Waals surface area (Å²) in [7, 11) is 0. The van der Waals surface area contributed by atoms with Gasteiger partial charge in [-0.15, -0.1) is 0 Å². The van der Waals surface area contributed by atoms with Crippen LogP contribution in [0.25, 0.3) is 0 Å². The van der Waals surface area contributed by atoms with Crippen molar-refractivity contribution < 1.29 is 18.4 Å². The quantitative estimate of drug-likeness (QED) is 0.912. The highest BCUT2D eigenvalue weighted by molar-refractivity contribution is 6.06. The van der Waals surface area contributed by atoms with Gasteiger partial charge in [-0.25, -0.2) is 8.78 Å². The Morgan fingerprint density at radius 1 is 1.18 bits per heavy atom. The second-order valence-electron chi connectivity index (χ2n) is 6.24. The van der Waals surface area contributed by atoms with Gasteiger partial charge in [0, 0.05) is 11.8 Å². The molecule has 0 bridgehead atoms. The average Bonchev–Trinajstić information content (AvgIpc) is 2.77. The van der Waals surface area contributed by atoms with Crippen molar-refractivity contribution in [2.45, 2.75) is 44.6 Å². The molecule has 2 aliphatic rings.